The Morgan fingerprint density at radius 1 is 1.40 bits per heavy atom. The molecule has 15 heavy (non-hydrogen) atoms. The van der Waals surface area contributed by atoms with Gasteiger partial charge in [-0.3, -0.25) is 9.69 Å². The van der Waals surface area contributed by atoms with Gasteiger partial charge >= 0.3 is 6.09 Å². The normalized spacial score (nSPS) is 29.8. The molecule has 0 saturated carbocycles. The van der Waals surface area contributed by atoms with Crippen LogP contribution in [0.15, 0.2) is 0 Å². The quantitative estimate of drug-likeness (QED) is 0.613. The summed E-state index contributed by atoms with van der Waals surface area (Å²) in [6.07, 6.45) is 1.93. The standard InChI is InChI=1S/C11H17NO3/c1-11(2,3)15-10(14)12-7-4-5-8(12)9(13)6-7/h7-8H,4-6H2,1-3H3/t7-,8?/m1/s1. The third kappa shape index (κ3) is 1.85. The van der Waals surface area contributed by atoms with Crippen LogP contribution in [0.3, 0.4) is 0 Å². The lowest BCUT2D eigenvalue weighted by atomic mass is 10.00. The summed E-state index contributed by atoms with van der Waals surface area (Å²) in [4.78, 5) is 24.9. The summed E-state index contributed by atoms with van der Waals surface area (Å²) in [5, 5.41) is 0. The van der Waals surface area contributed by atoms with Crippen LogP contribution >= 0.6 is 0 Å². The fourth-order valence-corrected chi connectivity index (χ4v) is 2.36. The van der Waals surface area contributed by atoms with Crippen molar-refractivity contribution in [2.45, 2.75) is 57.7 Å². The molecule has 0 aromatic heterocycles. The summed E-state index contributed by atoms with van der Waals surface area (Å²) in [6, 6.07) is -0.109. The van der Waals surface area contributed by atoms with Crippen molar-refractivity contribution in [2.75, 3.05) is 0 Å². The van der Waals surface area contributed by atoms with Crippen LogP contribution in [0.2, 0.25) is 0 Å². The van der Waals surface area contributed by atoms with Crippen molar-refractivity contribution in [1.82, 2.24) is 4.90 Å². The van der Waals surface area contributed by atoms with E-state index in [-0.39, 0.29) is 24.0 Å². The van der Waals surface area contributed by atoms with Gasteiger partial charge in [0.25, 0.3) is 0 Å². The Labute approximate surface area is 89.6 Å². The van der Waals surface area contributed by atoms with Crippen LogP contribution < -0.4 is 0 Å². The molecule has 1 unspecified atom stereocenters. The average molecular weight is 211 g/mol. The highest BCUT2D eigenvalue weighted by molar-refractivity contribution is 5.92. The van der Waals surface area contributed by atoms with Gasteiger partial charge in [-0.15, -0.1) is 0 Å². The molecule has 2 aliphatic rings. The second-order valence-corrected chi connectivity index (χ2v) is 5.31. The van der Waals surface area contributed by atoms with E-state index >= 15 is 0 Å². The van der Waals surface area contributed by atoms with Gasteiger partial charge in [0.1, 0.15) is 5.60 Å². The van der Waals surface area contributed by atoms with E-state index in [1.54, 1.807) is 4.90 Å². The van der Waals surface area contributed by atoms with E-state index in [0.717, 1.165) is 12.8 Å². The van der Waals surface area contributed by atoms with Crippen LogP contribution in [0.5, 0.6) is 0 Å². The molecule has 0 spiro atoms. The lowest BCUT2D eigenvalue weighted by molar-refractivity contribution is -0.120. The minimum absolute atomic E-state index is 0.0948. The van der Waals surface area contributed by atoms with Crippen LogP contribution in [0.4, 0.5) is 4.79 Å². The fraction of sp³-hybridized carbons (Fsp3) is 0.818. The summed E-state index contributed by atoms with van der Waals surface area (Å²) >= 11 is 0. The van der Waals surface area contributed by atoms with Crippen LogP contribution in [0, 0.1) is 0 Å². The summed E-state index contributed by atoms with van der Waals surface area (Å²) in [7, 11) is 0. The van der Waals surface area contributed by atoms with Crippen LogP contribution in [0.25, 0.3) is 0 Å². The lowest BCUT2D eigenvalue weighted by Crippen LogP contribution is -2.40. The Hall–Kier alpha value is -1.06. The first-order valence-corrected chi connectivity index (χ1v) is 5.42. The van der Waals surface area contributed by atoms with E-state index in [2.05, 4.69) is 0 Å². The number of fused-ring (bicyclic) bond motifs is 2. The Bertz CT molecular complexity index is 305. The minimum atomic E-state index is -0.484. The number of amides is 1. The first kappa shape index (κ1) is 10.5. The smallest absolute Gasteiger partial charge is 0.411 e. The molecule has 2 aliphatic heterocycles. The molecule has 2 bridgehead atoms. The van der Waals surface area contributed by atoms with Gasteiger partial charge in [-0.2, -0.15) is 0 Å². The molecule has 1 amide bonds. The van der Waals surface area contributed by atoms with Crippen molar-refractivity contribution in [3.8, 4) is 0 Å². The maximum atomic E-state index is 11.8. The molecular formula is C11H17NO3. The van der Waals surface area contributed by atoms with Crippen molar-refractivity contribution in [1.29, 1.82) is 0 Å². The molecule has 2 rings (SSSR count). The molecule has 0 N–H and O–H groups in total. The summed E-state index contributed by atoms with van der Waals surface area (Å²) < 4.78 is 5.29. The first-order chi connectivity index (χ1) is 6.88. The third-order valence-electron chi connectivity index (χ3n) is 2.92. The van der Waals surface area contributed by atoms with Gasteiger partial charge in [0.15, 0.2) is 5.78 Å². The number of rotatable bonds is 0. The van der Waals surface area contributed by atoms with Gasteiger partial charge in [0, 0.05) is 12.5 Å². The van der Waals surface area contributed by atoms with Crippen LogP contribution in [-0.4, -0.2) is 34.5 Å². The second-order valence-electron chi connectivity index (χ2n) is 5.31. The van der Waals surface area contributed by atoms with Gasteiger partial charge in [0.05, 0.1) is 6.04 Å². The highest BCUT2D eigenvalue weighted by Crippen LogP contribution is 2.36. The maximum absolute atomic E-state index is 11.8. The van der Waals surface area contributed by atoms with Crippen molar-refractivity contribution in [3.05, 3.63) is 0 Å². The molecule has 2 atom stereocenters. The summed E-state index contributed by atoms with van der Waals surface area (Å²) in [5.74, 6) is 0.192. The van der Waals surface area contributed by atoms with Gasteiger partial charge in [0.2, 0.25) is 0 Å². The predicted molar refractivity (Wildman–Crippen MR) is 54.5 cm³/mol. The highest BCUT2D eigenvalue weighted by Gasteiger charge is 2.49. The van der Waals surface area contributed by atoms with Gasteiger partial charge in [-0.1, -0.05) is 0 Å². The van der Waals surface area contributed by atoms with E-state index in [9.17, 15) is 9.59 Å². The predicted octanol–water partition coefficient (Wildman–Crippen LogP) is 1.73. The Morgan fingerprint density at radius 3 is 2.47 bits per heavy atom. The lowest BCUT2D eigenvalue weighted by Gasteiger charge is -2.26. The van der Waals surface area contributed by atoms with E-state index in [4.69, 9.17) is 4.74 Å². The van der Waals surface area contributed by atoms with Crippen molar-refractivity contribution in [3.63, 3.8) is 0 Å². The van der Waals surface area contributed by atoms with Gasteiger partial charge in [-0.05, 0) is 33.6 Å². The minimum Gasteiger partial charge on any atom is -0.444 e. The number of hydrogen-bond donors (Lipinski definition) is 0. The Morgan fingerprint density at radius 2 is 2.07 bits per heavy atom. The molecule has 2 saturated heterocycles. The maximum Gasteiger partial charge on any atom is 0.411 e. The molecule has 2 heterocycles. The van der Waals surface area contributed by atoms with Crippen LogP contribution in [-0.2, 0) is 9.53 Å². The van der Waals surface area contributed by atoms with Gasteiger partial charge < -0.3 is 4.74 Å². The molecule has 84 valence electrons. The van der Waals surface area contributed by atoms with Crippen molar-refractivity contribution < 1.29 is 14.3 Å². The monoisotopic (exact) mass is 211 g/mol. The molecule has 0 aliphatic carbocycles. The number of hydrogen-bond acceptors (Lipinski definition) is 3. The number of ketones is 1. The molecule has 4 heteroatoms. The molecular weight excluding hydrogens is 194 g/mol. The average Bonchev–Trinajstić information content (AvgIpc) is 2.55. The van der Waals surface area contributed by atoms with Crippen molar-refractivity contribution >= 4 is 11.9 Å². The third-order valence-corrected chi connectivity index (χ3v) is 2.92. The zero-order valence-corrected chi connectivity index (χ0v) is 9.45. The highest BCUT2D eigenvalue weighted by atomic mass is 16.6. The number of Topliss-reactive ketones (excluding diaryl/α,β-unsaturated/α-hetero) is 1. The summed E-state index contributed by atoms with van der Waals surface area (Å²) in [5.41, 5.74) is -0.484. The first-order valence-electron chi connectivity index (χ1n) is 5.42. The topological polar surface area (TPSA) is 46.6 Å². The fourth-order valence-electron chi connectivity index (χ4n) is 2.36. The SMILES string of the molecule is CC(C)(C)OC(=O)N1C2CC[C@@H]1CC2=O. The van der Waals surface area contributed by atoms with Crippen LogP contribution in [0.1, 0.15) is 40.0 Å². The Kier molecular flexibility index (Phi) is 2.24. The van der Waals surface area contributed by atoms with Crippen molar-refractivity contribution in [2.24, 2.45) is 0 Å². The molecule has 0 radical (unpaired) electrons. The van der Waals surface area contributed by atoms with Gasteiger partial charge in [-0.25, -0.2) is 4.79 Å². The molecule has 4 nitrogen and oxygen atoms in total. The number of ether oxygens (including phenoxy) is 1. The molecule has 0 aromatic carbocycles. The Balaban J connectivity index is 2.06. The number of carbonyl (C=O) groups is 2. The van der Waals surface area contributed by atoms with E-state index < -0.39 is 5.60 Å². The zero-order chi connectivity index (χ0) is 11.2. The number of carbonyl (C=O) groups excluding carboxylic acids is 2. The van der Waals surface area contributed by atoms with E-state index in [1.165, 1.54) is 0 Å². The largest absolute Gasteiger partial charge is 0.444 e. The zero-order valence-electron chi connectivity index (χ0n) is 9.45. The van der Waals surface area contributed by atoms with E-state index in [0.29, 0.717) is 6.42 Å². The number of nitrogens with zero attached hydrogens (tertiary/aromatic N) is 1. The molecule has 0 aromatic rings. The molecule has 2 fully saturated rings. The summed E-state index contributed by atoms with van der Waals surface area (Å²) in [6.45, 7) is 5.51. The second kappa shape index (κ2) is 3.22. The van der Waals surface area contributed by atoms with E-state index in [1.807, 2.05) is 20.8 Å².